The SMILES string of the molecule is CCCCCCCCCCCCCCC(=O)O[C@H](COC(=O)CCCCCCCCCC(C)C)COP(=O)(O)OC[C@H](O)COP(=O)(O)OC[C@@H](COC(=O)CCCCCCCCCCCC(C)C)OC(=O)CCCCCCCCCCCCCCCCC(C)C. The highest BCUT2D eigenvalue weighted by Crippen LogP contribution is 2.45. The minimum absolute atomic E-state index is 0.106. The van der Waals surface area contributed by atoms with E-state index in [2.05, 4.69) is 48.5 Å². The molecule has 0 aromatic carbocycles. The van der Waals surface area contributed by atoms with Crippen molar-refractivity contribution in [3.8, 4) is 0 Å². The summed E-state index contributed by atoms with van der Waals surface area (Å²) in [5, 5.41) is 10.6. The molecule has 2 unspecified atom stereocenters. The lowest BCUT2D eigenvalue weighted by atomic mass is 10.0. The van der Waals surface area contributed by atoms with Crippen LogP contribution in [-0.2, 0) is 65.4 Å². The number of rotatable bonds is 70. The van der Waals surface area contributed by atoms with Crippen molar-refractivity contribution in [1.29, 1.82) is 0 Å². The van der Waals surface area contributed by atoms with Crippen molar-refractivity contribution >= 4 is 39.5 Å². The molecule has 0 aromatic rings. The van der Waals surface area contributed by atoms with Crippen molar-refractivity contribution in [3.05, 3.63) is 0 Å². The maximum atomic E-state index is 13.0. The van der Waals surface area contributed by atoms with Crippen LogP contribution in [0.5, 0.6) is 0 Å². The van der Waals surface area contributed by atoms with Gasteiger partial charge in [0.15, 0.2) is 12.2 Å². The van der Waals surface area contributed by atoms with E-state index < -0.39 is 97.5 Å². The fraction of sp³-hybridized carbons (Fsp3) is 0.944. The van der Waals surface area contributed by atoms with Crippen LogP contribution in [0, 0.1) is 17.8 Å². The fourth-order valence-corrected chi connectivity index (χ4v) is 12.5. The van der Waals surface area contributed by atoms with Gasteiger partial charge in [-0.15, -0.1) is 0 Å². The summed E-state index contributed by atoms with van der Waals surface area (Å²) >= 11 is 0. The van der Waals surface area contributed by atoms with Crippen molar-refractivity contribution in [2.45, 2.75) is 381 Å². The third-order valence-electron chi connectivity index (χ3n) is 16.6. The van der Waals surface area contributed by atoms with Crippen LogP contribution in [0.3, 0.4) is 0 Å². The van der Waals surface area contributed by atoms with Crippen LogP contribution in [0.4, 0.5) is 0 Å². The van der Waals surface area contributed by atoms with Crippen molar-refractivity contribution in [1.82, 2.24) is 0 Å². The van der Waals surface area contributed by atoms with E-state index in [0.29, 0.717) is 31.6 Å². The van der Waals surface area contributed by atoms with Crippen LogP contribution in [0.2, 0.25) is 0 Å². The molecule has 540 valence electrons. The lowest BCUT2D eigenvalue weighted by molar-refractivity contribution is -0.161. The highest BCUT2D eigenvalue weighted by Gasteiger charge is 2.30. The standard InChI is InChI=1S/C72H140O17P2/c1-8-9-10-11-12-13-14-20-25-33-41-48-55-71(76)89-68(60-83-70(75)54-47-40-35-28-31-38-45-52-65(6)7)62-87-91(80,81)85-58-66(73)57-84-90(78,79)86-61-67(59-82-69(74)53-46-39-32-27-22-24-30-37-44-51-64(4)5)88-72(77)56-49-42-34-26-21-18-16-15-17-19-23-29-36-43-50-63(2)3/h63-68,73H,8-62H2,1-7H3,(H,78,79)(H,80,81)/t66-,67-,68-/m1/s1. The van der Waals surface area contributed by atoms with Gasteiger partial charge in [0, 0.05) is 25.7 Å². The first-order chi connectivity index (χ1) is 43.7. The molecule has 0 aliphatic carbocycles. The molecule has 5 atom stereocenters. The number of esters is 4. The second-order valence-electron chi connectivity index (χ2n) is 27.4. The molecular formula is C72H140O17P2. The number of phosphoric acid groups is 2. The summed E-state index contributed by atoms with van der Waals surface area (Å²) in [6, 6.07) is 0. The zero-order valence-corrected chi connectivity index (χ0v) is 61.1. The van der Waals surface area contributed by atoms with Crippen LogP contribution in [0.15, 0.2) is 0 Å². The molecule has 0 aliphatic rings. The summed E-state index contributed by atoms with van der Waals surface area (Å²) < 4.78 is 68.3. The van der Waals surface area contributed by atoms with Gasteiger partial charge in [-0.05, 0) is 43.4 Å². The fourth-order valence-electron chi connectivity index (χ4n) is 10.9. The molecule has 91 heavy (non-hydrogen) atoms. The number of aliphatic hydroxyl groups excluding tert-OH is 1. The predicted octanol–water partition coefficient (Wildman–Crippen LogP) is 20.6. The maximum absolute atomic E-state index is 13.0. The molecule has 0 spiro atoms. The summed E-state index contributed by atoms with van der Waals surface area (Å²) in [6.07, 6.45) is 47.2. The van der Waals surface area contributed by atoms with Gasteiger partial charge in [0.25, 0.3) is 0 Å². The summed E-state index contributed by atoms with van der Waals surface area (Å²) in [5.41, 5.74) is 0. The van der Waals surface area contributed by atoms with E-state index in [1.54, 1.807) is 0 Å². The van der Waals surface area contributed by atoms with E-state index in [0.717, 1.165) is 108 Å². The third-order valence-corrected chi connectivity index (χ3v) is 18.5. The minimum Gasteiger partial charge on any atom is -0.462 e. The first kappa shape index (κ1) is 89.1. The molecule has 0 amide bonds. The Hall–Kier alpha value is -1.94. The molecule has 0 fully saturated rings. The summed E-state index contributed by atoms with van der Waals surface area (Å²) in [4.78, 5) is 72.6. The topological polar surface area (TPSA) is 237 Å². The normalized spacial score (nSPS) is 14.2. The zero-order chi connectivity index (χ0) is 67.3. The van der Waals surface area contributed by atoms with Crippen molar-refractivity contribution in [3.63, 3.8) is 0 Å². The third kappa shape index (κ3) is 66.5. The zero-order valence-electron chi connectivity index (χ0n) is 59.3. The molecule has 3 N–H and O–H groups in total. The Balaban J connectivity index is 5.24. The van der Waals surface area contributed by atoms with Gasteiger partial charge in [-0.2, -0.15) is 0 Å². The number of aliphatic hydroxyl groups is 1. The largest absolute Gasteiger partial charge is 0.472 e. The Morgan fingerprint density at radius 3 is 0.747 bits per heavy atom. The average molecular weight is 1340 g/mol. The minimum atomic E-state index is -4.95. The number of hydrogen-bond acceptors (Lipinski definition) is 15. The van der Waals surface area contributed by atoms with Gasteiger partial charge in [-0.1, -0.05) is 312 Å². The predicted molar refractivity (Wildman–Crippen MR) is 368 cm³/mol. The molecule has 0 saturated heterocycles. The highest BCUT2D eigenvalue weighted by atomic mass is 31.2. The molecule has 0 rings (SSSR count). The summed E-state index contributed by atoms with van der Waals surface area (Å²) in [6.45, 7) is 11.8. The molecular weight excluding hydrogens is 1200 g/mol. The van der Waals surface area contributed by atoms with Crippen LogP contribution in [0.1, 0.15) is 363 Å². The van der Waals surface area contributed by atoms with E-state index in [4.69, 9.17) is 37.0 Å². The van der Waals surface area contributed by atoms with Gasteiger partial charge in [-0.25, -0.2) is 9.13 Å². The number of carbonyl (C=O) groups is 4. The summed E-state index contributed by atoms with van der Waals surface area (Å²) in [5.74, 6) is 0.121. The molecule has 17 nitrogen and oxygen atoms in total. The van der Waals surface area contributed by atoms with Crippen LogP contribution in [0.25, 0.3) is 0 Å². The van der Waals surface area contributed by atoms with Crippen molar-refractivity contribution in [2.24, 2.45) is 17.8 Å². The Labute approximate surface area is 556 Å². The number of carbonyl (C=O) groups excluding carboxylic acids is 4. The van der Waals surface area contributed by atoms with Gasteiger partial charge >= 0.3 is 39.5 Å². The van der Waals surface area contributed by atoms with Gasteiger partial charge in [0.1, 0.15) is 19.3 Å². The van der Waals surface area contributed by atoms with Gasteiger partial charge in [-0.3, -0.25) is 37.3 Å². The molecule has 0 heterocycles. The van der Waals surface area contributed by atoms with Gasteiger partial charge in [0.05, 0.1) is 26.4 Å². The van der Waals surface area contributed by atoms with Gasteiger partial charge < -0.3 is 33.8 Å². The lowest BCUT2D eigenvalue weighted by Gasteiger charge is -2.21. The van der Waals surface area contributed by atoms with Crippen molar-refractivity contribution in [2.75, 3.05) is 39.6 Å². The second kappa shape index (κ2) is 62.8. The monoisotopic (exact) mass is 1340 g/mol. The molecule has 0 aromatic heterocycles. The van der Waals surface area contributed by atoms with E-state index >= 15 is 0 Å². The van der Waals surface area contributed by atoms with E-state index in [1.807, 2.05) is 0 Å². The first-order valence-corrected chi connectivity index (χ1v) is 40.3. The van der Waals surface area contributed by atoms with E-state index in [1.165, 1.54) is 167 Å². The smallest absolute Gasteiger partial charge is 0.462 e. The maximum Gasteiger partial charge on any atom is 0.472 e. The summed E-state index contributed by atoms with van der Waals surface area (Å²) in [7, 11) is -9.90. The Morgan fingerprint density at radius 2 is 0.505 bits per heavy atom. The number of unbranched alkanes of at least 4 members (excludes halogenated alkanes) is 38. The highest BCUT2D eigenvalue weighted by molar-refractivity contribution is 7.47. The molecule has 0 saturated carbocycles. The Bertz CT molecular complexity index is 1780. The van der Waals surface area contributed by atoms with Crippen molar-refractivity contribution < 1.29 is 80.2 Å². The molecule has 19 heteroatoms. The first-order valence-electron chi connectivity index (χ1n) is 37.3. The molecule has 0 bridgehead atoms. The number of hydrogen-bond donors (Lipinski definition) is 3. The quantitative estimate of drug-likeness (QED) is 0.0222. The van der Waals surface area contributed by atoms with Crippen LogP contribution >= 0.6 is 15.6 Å². The Kier molecular flexibility index (Phi) is 61.5. The number of ether oxygens (including phenoxy) is 4. The van der Waals surface area contributed by atoms with Gasteiger partial charge in [0.2, 0.25) is 0 Å². The Morgan fingerprint density at radius 1 is 0.297 bits per heavy atom. The average Bonchev–Trinajstić information content (AvgIpc) is 3.71. The molecule has 0 aliphatic heterocycles. The molecule has 0 radical (unpaired) electrons. The van der Waals surface area contributed by atoms with Crippen LogP contribution in [-0.4, -0.2) is 96.7 Å². The number of phosphoric ester groups is 2. The van der Waals surface area contributed by atoms with E-state index in [9.17, 15) is 43.2 Å². The lowest BCUT2D eigenvalue weighted by Crippen LogP contribution is -2.30. The van der Waals surface area contributed by atoms with Crippen LogP contribution < -0.4 is 0 Å². The van der Waals surface area contributed by atoms with E-state index in [-0.39, 0.29) is 25.7 Å². The second-order valence-corrected chi connectivity index (χ2v) is 30.3.